The predicted octanol–water partition coefficient (Wildman–Crippen LogP) is 4.03. The van der Waals surface area contributed by atoms with Crippen molar-refractivity contribution in [1.82, 2.24) is 5.32 Å². The number of aryl methyl sites for hydroxylation is 1. The summed E-state index contributed by atoms with van der Waals surface area (Å²) in [6.07, 6.45) is 0. The smallest absolute Gasteiger partial charge is 0.290 e. The molecule has 0 radical (unpaired) electrons. The molecule has 2 aromatic rings. The van der Waals surface area contributed by atoms with Crippen LogP contribution >= 0.6 is 0 Å². The second kappa shape index (κ2) is 6.22. The van der Waals surface area contributed by atoms with Crippen molar-refractivity contribution in [2.24, 2.45) is 0 Å². The molecule has 1 N–H and O–H groups in total. The largest absolute Gasteiger partial charge is 0.350 e. The Morgan fingerprint density at radius 3 is 2.55 bits per heavy atom. The molecule has 0 saturated heterocycles. The molecule has 0 aliphatic carbocycles. The van der Waals surface area contributed by atoms with Crippen LogP contribution in [0.2, 0.25) is 0 Å². The Kier molecular flexibility index (Phi) is 4.54. The van der Waals surface area contributed by atoms with E-state index in [4.69, 9.17) is 0 Å². The summed E-state index contributed by atoms with van der Waals surface area (Å²) >= 11 is 0. The summed E-state index contributed by atoms with van der Waals surface area (Å²) in [5, 5.41) is 2.13. The summed E-state index contributed by atoms with van der Waals surface area (Å²) in [5.74, 6) is -4.27. The molecule has 0 atom stereocenters. The van der Waals surface area contributed by atoms with Crippen LogP contribution in [0.15, 0.2) is 42.5 Å². The van der Waals surface area contributed by atoms with Crippen LogP contribution in [0.25, 0.3) is 11.1 Å². The van der Waals surface area contributed by atoms with Crippen LogP contribution in [0, 0.1) is 12.7 Å². The Morgan fingerprint density at radius 1 is 1.18 bits per heavy atom. The zero-order valence-electron chi connectivity index (χ0n) is 12.3. The third-order valence-corrected chi connectivity index (χ3v) is 3.26. The van der Waals surface area contributed by atoms with Crippen molar-refractivity contribution >= 4 is 5.91 Å². The predicted molar refractivity (Wildman–Crippen MR) is 79.2 cm³/mol. The number of nitrogens with one attached hydrogen (secondary N) is 1. The van der Waals surface area contributed by atoms with E-state index in [2.05, 4.69) is 5.32 Å². The normalized spacial score (nSPS) is 11.3. The molecule has 2 nitrogen and oxygen atoms in total. The summed E-state index contributed by atoms with van der Waals surface area (Å²) in [6, 6.07) is 10.0. The van der Waals surface area contributed by atoms with Gasteiger partial charge in [-0.15, -0.1) is 0 Å². The third kappa shape index (κ3) is 3.67. The Hall–Kier alpha value is -2.30. The van der Waals surface area contributed by atoms with Crippen LogP contribution in [0.1, 0.15) is 18.1 Å². The first-order chi connectivity index (χ1) is 10.3. The lowest BCUT2D eigenvalue weighted by atomic mass is 9.93. The molecule has 0 spiro atoms. The fourth-order valence-electron chi connectivity index (χ4n) is 2.20. The molecule has 116 valence electrons. The molecular formula is C17H16F3NO. The minimum absolute atomic E-state index is 0.238. The fraction of sp³-hybridized carbons (Fsp3) is 0.235. The summed E-state index contributed by atoms with van der Waals surface area (Å²) in [6.45, 7) is 2.16. The minimum Gasteiger partial charge on any atom is -0.350 e. The first-order valence-electron chi connectivity index (χ1n) is 6.79. The standard InChI is InChI=1S/C17H16F3NO/c1-11-6-7-16(17(19,20)10-21-12(2)22)15(8-11)13-4-3-5-14(18)9-13/h3-9H,10H2,1-2H3,(H,21,22). The van der Waals surface area contributed by atoms with Gasteiger partial charge in [0.1, 0.15) is 5.82 Å². The summed E-state index contributed by atoms with van der Waals surface area (Å²) in [4.78, 5) is 10.9. The average molecular weight is 307 g/mol. The molecule has 0 fully saturated rings. The number of hydrogen-bond donors (Lipinski definition) is 1. The van der Waals surface area contributed by atoms with Gasteiger partial charge in [0.2, 0.25) is 5.91 Å². The molecule has 1 amide bonds. The van der Waals surface area contributed by atoms with Gasteiger partial charge in [-0.1, -0.05) is 35.9 Å². The maximum Gasteiger partial charge on any atom is 0.290 e. The quantitative estimate of drug-likeness (QED) is 0.908. The summed E-state index contributed by atoms with van der Waals surface area (Å²) in [7, 11) is 0. The molecule has 0 saturated carbocycles. The van der Waals surface area contributed by atoms with E-state index >= 15 is 0 Å². The van der Waals surface area contributed by atoms with Gasteiger partial charge < -0.3 is 5.32 Å². The van der Waals surface area contributed by atoms with E-state index in [-0.39, 0.29) is 11.1 Å². The number of benzene rings is 2. The van der Waals surface area contributed by atoms with E-state index in [9.17, 15) is 18.0 Å². The number of amides is 1. The second-order valence-electron chi connectivity index (χ2n) is 5.17. The molecule has 0 bridgehead atoms. The van der Waals surface area contributed by atoms with Crippen LogP contribution in [0.5, 0.6) is 0 Å². The van der Waals surface area contributed by atoms with E-state index in [1.165, 1.54) is 31.2 Å². The molecule has 0 heterocycles. The maximum absolute atomic E-state index is 14.4. The van der Waals surface area contributed by atoms with Gasteiger partial charge in [0, 0.05) is 12.5 Å². The molecule has 2 aromatic carbocycles. The van der Waals surface area contributed by atoms with Crippen molar-refractivity contribution in [3.63, 3.8) is 0 Å². The lowest BCUT2D eigenvalue weighted by molar-refractivity contribution is -0.121. The van der Waals surface area contributed by atoms with E-state index in [0.29, 0.717) is 5.56 Å². The SMILES string of the molecule is CC(=O)NCC(F)(F)c1ccc(C)cc1-c1cccc(F)c1. The number of halogens is 3. The molecule has 2 rings (SSSR count). The summed E-state index contributed by atoms with van der Waals surface area (Å²) < 4.78 is 42.2. The number of alkyl halides is 2. The highest BCUT2D eigenvalue weighted by Gasteiger charge is 2.34. The van der Waals surface area contributed by atoms with E-state index < -0.39 is 24.2 Å². The lowest BCUT2D eigenvalue weighted by Crippen LogP contribution is -2.33. The Labute approximate surface area is 127 Å². The van der Waals surface area contributed by atoms with Crippen LogP contribution < -0.4 is 5.32 Å². The first kappa shape index (κ1) is 16.1. The number of carbonyl (C=O) groups excluding carboxylic acids is 1. The zero-order valence-corrected chi connectivity index (χ0v) is 12.3. The van der Waals surface area contributed by atoms with E-state index in [0.717, 1.165) is 5.56 Å². The number of hydrogen-bond acceptors (Lipinski definition) is 1. The van der Waals surface area contributed by atoms with Crippen molar-refractivity contribution in [2.75, 3.05) is 6.54 Å². The number of carbonyl (C=O) groups is 1. The molecular weight excluding hydrogens is 291 g/mol. The molecule has 0 aliphatic rings. The highest BCUT2D eigenvalue weighted by atomic mass is 19.3. The zero-order chi connectivity index (χ0) is 16.3. The van der Waals surface area contributed by atoms with Crippen LogP contribution in [0.4, 0.5) is 13.2 Å². The lowest BCUT2D eigenvalue weighted by Gasteiger charge is -2.21. The third-order valence-electron chi connectivity index (χ3n) is 3.26. The minimum atomic E-state index is -3.25. The van der Waals surface area contributed by atoms with Crippen molar-refractivity contribution in [3.05, 3.63) is 59.4 Å². The van der Waals surface area contributed by atoms with Gasteiger partial charge in [0.05, 0.1) is 6.54 Å². The first-order valence-corrected chi connectivity index (χ1v) is 6.79. The molecule has 0 aliphatic heterocycles. The van der Waals surface area contributed by atoms with Gasteiger partial charge in [0.15, 0.2) is 0 Å². The number of rotatable bonds is 4. The van der Waals surface area contributed by atoms with E-state index in [1.54, 1.807) is 25.1 Å². The highest BCUT2D eigenvalue weighted by molar-refractivity contribution is 5.73. The van der Waals surface area contributed by atoms with Crippen LogP contribution in [-0.4, -0.2) is 12.5 Å². The van der Waals surface area contributed by atoms with Crippen molar-refractivity contribution in [1.29, 1.82) is 0 Å². The molecule has 22 heavy (non-hydrogen) atoms. The van der Waals surface area contributed by atoms with Crippen molar-refractivity contribution in [3.8, 4) is 11.1 Å². The highest BCUT2D eigenvalue weighted by Crippen LogP contribution is 2.36. The topological polar surface area (TPSA) is 29.1 Å². The van der Waals surface area contributed by atoms with Crippen molar-refractivity contribution in [2.45, 2.75) is 19.8 Å². The Balaban J connectivity index is 2.50. The van der Waals surface area contributed by atoms with Gasteiger partial charge in [-0.2, -0.15) is 8.78 Å². The summed E-state index contributed by atoms with van der Waals surface area (Å²) in [5.41, 5.74) is 1.19. The van der Waals surface area contributed by atoms with E-state index in [1.807, 2.05) is 0 Å². The molecule has 0 unspecified atom stereocenters. The van der Waals surface area contributed by atoms with Gasteiger partial charge >= 0.3 is 0 Å². The Bertz CT molecular complexity index is 698. The van der Waals surface area contributed by atoms with Gasteiger partial charge in [-0.05, 0) is 30.2 Å². The second-order valence-corrected chi connectivity index (χ2v) is 5.17. The molecule has 0 aromatic heterocycles. The maximum atomic E-state index is 14.4. The molecule has 5 heteroatoms. The van der Waals surface area contributed by atoms with Gasteiger partial charge in [0.25, 0.3) is 5.92 Å². The van der Waals surface area contributed by atoms with Gasteiger partial charge in [-0.3, -0.25) is 4.79 Å². The van der Waals surface area contributed by atoms with Crippen LogP contribution in [-0.2, 0) is 10.7 Å². The van der Waals surface area contributed by atoms with Gasteiger partial charge in [-0.25, -0.2) is 4.39 Å². The van der Waals surface area contributed by atoms with Crippen LogP contribution in [0.3, 0.4) is 0 Å². The monoisotopic (exact) mass is 307 g/mol. The average Bonchev–Trinajstić information content (AvgIpc) is 2.45. The van der Waals surface area contributed by atoms with Crippen molar-refractivity contribution < 1.29 is 18.0 Å². The Morgan fingerprint density at radius 2 is 1.91 bits per heavy atom. The fourth-order valence-corrected chi connectivity index (χ4v) is 2.20.